The van der Waals surface area contributed by atoms with Gasteiger partial charge in [0.15, 0.2) is 0 Å². The number of nitrogens with zero attached hydrogens (tertiary/aromatic N) is 3. The van der Waals surface area contributed by atoms with E-state index in [1.807, 2.05) is 19.0 Å². The number of likely N-dealkylation sites (N-methyl/N-ethyl adjacent to an activating group) is 1. The summed E-state index contributed by atoms with van der Waals surface area (Å²) in [6.07, 6.45) is 5.24. The third-order valence-corrected chi connectivity index (χ3v) is 5.24. The predicted molar refractivity (Wildman–Crippen MR) is 119 cm³/mol. The van der Waals surface area contributed by atoms with Gasteiger partial charge < -0.3 is 19.6 Å². The fraction of sp³-hybridized carbons (Fsp3) is 0.375. The highest BCUT2D eigenvalue weighted by Crippen LogP contribution is 2.39. The lowest BCUT2D eigenvalue weighted by Crippen LogP contribution is -2.35. The molecule has 0 radical (unpaired) electrons. The minimum absolute atomic E-state index is 0.0922. The Morgan fingerprint density at radius 1 is 1.13 bits per heavy atom. The second-order valence-corrected chi connectivity index (χ2v) is 7.80. The van der Waals surface area contributed by atoms with Gasteiger partial charge in [-0.25, -0.2) is 0 Å². The standard InChI is InChI=1S/C24H29N3O4/c1-4-5-16-31-19-8-6-18(7-9-19)22(28)20-21(17-10-12-25-13-11-17)27(15-14-26(2)3)24(30)23(20)29/h6-13,21,28H,4-5,14-16H2,1-3H3/b22-20-. The van der Waals surface area contributed by atoms with Gasteiger partial charge in [0, 0.05) is 31.0 Å². The summed E-state index contributed by atoms with van der Waals surface area (Å²) in [7, 11) is 3.81. The molecular weight excluding hydrogens is 394 g/mol. The molecular formula is C24H29N3O4. The third-order valence-electron chi connectivity index (χ3n) is 5.24. The summed E-state index contributed by atoms with van der Waals surface area (Å²) in [5.41, 5.74) is 1.29. The Morgan fingerprint density at radius 3 is 2.42 bits per heavy atom. The Morgan fingerprint density at radius 2 is 1.81 bits per heavy atom. The molecule has 1 saturated heterocycles. The van der Waals surface area contributed by atoms with Crippen LogP contribution in [0.2, 0.25) is 0 Å². The van der Waals surface area contributed by atoms with E-state index >= 15 is 0 Å². The molecule has 2 heterocycles. The number of Topliss-reactive ketones (excluding diaryl/α,β-unsaturated/α-hetero) is 1. The highest BCUT2D eigenvalue weighted by molar-refractivity contribution is 6.46. The monoisotopic (exact) mass is 423 g/mol. The predicted octanol–water partition coefficient (Wildman–Crippen LogP) is 3.24. The summed E-state index contributed by atoms with van der Waals surface area (Å²) < 4.78 is 5.67. The van der Waals surface area contributed by atoms with Crippen LogP contribution in [0.25, 0.3) is 5.76 Å². The van der Waals surface area contributed by atoms with Crippen molar-refractivity contribution in [2.24, 2.45) is 0 Å². The number of unbranched alkanes of at least 4 members (excludes halogenated alkanes) is 1. The van der Waals surface area contributed by atoms with Crippen LogP contribution < -0.4 is 4.74 Å². The lowest BCUT2D eigenvalue weighted by Gasteiger charge is -2.26. The van der Waals surface area contributed by atoms with Gasteiger partial charge in [-0.1, -0.05) is 13.3 Å². The minimum atomic E-state index is -0.679. The molecule has 2 aromatic rings. The number of likely N-dealkylation sites (tertiary alicyclic amines) is 1. The number of amides is 1. The highest BCUT2D eigenvalue weighted by atomic mass is 16.5. The van der Waals surface area contributed by atoms with Crippen LogP contribution in [-0.4, -0.2) is 65.4 Å². The summed E-state index contributed by atoms with van der Waals surface area (Å²) in [6, 6.07) is 9.78. The highest BCUT2D eigenvalue weighted by Gasteiger charge is 2.45. The van der Waals surface area contributed by atoms with Crippen LogP contribution in [0.15, 0.2) is 54.4 Å². The number of carbonyl (C=O) groups is 2. The number of pyridine rings is 1. The summed E-state index contributed by atoms with van der Waals surface area (Å²) in [6.45, 7) is 3.68. The largest absolute Gasteiger partial charge is 0.507 e. The normalized spacial score (nSPS) is 18.1. The van der Waals surface area contributed by atoms with Gasteiger partial charge in [0.05, 0.1) is 18.2 Å². The molecule has 1 amide bonds. The van der Waals surface area contributed by atoms with Crippen molar-refractivity contribution in [2.75, 3.05) is 33.8 Å². The zero-order valence-electron chi connectivity index (χ0n) is 18.2. The molecule has 0 bridgehead atoms. The van der Waals surface area contributed by atoms with Gasteiger partial charge in [-0.15, -0.1) is 0 Å². The number of rotatable bonds is 9. The molecule has 1 aromatic heterocycles. The van der Waals surface area contributed by atoms with Crippen molar-refractivity contribution < 1.29 is 19.4 Å². The van der Waals surface area contributed by atoms with E-state index in [9.17, 15) is 14.7 Å². The van der Waals surface area contributed by atoms with E-state index in [0.29, 0.717) is 31.0 Å². The van der Waals surface area contributed by atoms with Gasteiger partial charge in [0.2, 0.25) is 0 Å². The van der Waals surface area contributed by atoms with E-state index in [1.54, 1.807) is 48.8 Å². The minimum Gasteiger partial charge on any atom is -0.507 e. The third kappa shape index (κ3) is 5.11. The van der Waals surface area contributed by atoms with E-state index in [-0.39, 0.29) is 11.3 Å². The molecule has 0 saturated carbocycles. The van der Waals surface area contributed by atoms with Crippen LogP contribution in [0, 0.1) is 0 Å². The molecule has 7 nitrogen and oxygen atoms in total. The van der Waals surface area contributed by atoms with E-state index in [2.05, 4.69) is 11.9 Å². The Labute approximate surface area is 183 Å². The van der Waals surface area contributed by atoms with Crippen LogP contribution in [0.3, 0.4) is 0 Å². The van der Waals surface area contributed by atoms with Gasteiger partial charge in [0.25, 0.3) is 11.7 Å². The average Bonchev–Trinajstić information content (AvgIpc) is 3.03. The summed E-state index contributed by atoms with van der Waals surface area (Å²) in [5, 5.41) is 11.1. The smallest absolute Gasteiger partial charge is 0.295 e. The average molecular weight is 424 g/mol. The van der Waals surface area contributed by atoms with E-state index in [1.165, 1.54) is 4.90 Å². The fourth-order valence-corrected chi connectivity index (χ4v) is 3.51. The number of benzene rings is 1. The molecule has 0 spiro atoms. The SMILES string of the molecule is CCCCOc1ccc(/C(O)=C2/C(=O)C(=O)N(CCN(C)C)C2c2ccncc2)cc1. The maximum Gasteiger partial charge on any atom is 0.295 e. The van der Waals surface area contributed by atoms with Crippen LogP contribution in [0.1, 0.15) is 36.9 Å². The molecule has 0 aliphatic carbocycles. The number of aliphatic hydroxyl groups excluding tert-OH is 1. The van der Waals surface area contributed by atoms with E-state index in [0.717, 1.165) is 18.4 Å². The van der Waals surface area contributed by atoms with Crippen molar-refractivity contribution in [1.82, 2.24) is 14.8 Å². The molecule has 1 N–H and O–H groups in total. The molecule has 1 aliphatic heterocycles. The van der Waals surface area contributed by atoms with Gasteiger partial charge in [0.1, 0.15) is 11.5 Å². The number of aromatic nitrogens is 1. The molecule has 1 fully saturated rings. The number of ketones is 1. The molecule has 31 heavy (non-hydrogen) atoms. The van der Waals surface area contributed by atoms with Crippen molar-refractivity contribution >= 4 is 17.4 Å². The van der Waals surface area contributed by atoms with Gasteiger partial charge >= 0.3 is 0 Å². The van der Waals surface area contributed by atoms with Crippen molar-refractivity contribution in [3.63, 3.8) is 0 Å². The van der Waals surface area contributed by atoms with Crippen molar-refractivity contribution in [3.8, 4) is 5.75 Å². The zero-order valence-corrected chi connectivity index (χ0v) is 18.2. The maximum absolute atomic E-state index is 12.9. The topological polar surface area (TPSA) is 83.0 Å². The van der Waals surface area contributed by atoms with Crippen LogP contribution in [0.5, 0.6) is 5.75 Å². The van der Waals surface area contributed by atoms with Gasteiger partial charge in [-0.05, 0) is 62.5 Å². The quantitative estimate of drug-likeness (QED) is 0.289. The summed E-state index contributed by atoms with van der Waals surface area (Å²) in [4.78, 5) is 33.3. The Hall–Kier alpha value is -3.19. The molecule has 1 unspecified atom stereocenters. The first-order chi connectivity index (χ1) is 14.9. The molecule has 7 heteroatoms. The number of hydrogen-bond donors (Lipinski definition) is 1. The zero-order chi connectivity index (χ0) is 22.4. The first-order valence-electron chi connectivity index (χ1n) is 10.5. The first-order valence-corrected chi connectivity index (χ1v) is 10.5. The number of hydrogen-bond acceptors (Lipinski definition) is 6. The number of carbonyl (C=O) groups excluding carboxylic acids is 2. The lowest BCUT2D eigenvalue weighted by molar-refractivity contribution is -0.140. The second kappa shape index (κ2) is 10.2. The summed E-state index contributed by atoms with van der Waals surface area (Å²) >= 11 is 0. The van der Waals surface area contributed by atoms with Gasteiger partial charge in [-0.3, -0.25) is 14.6 Å². The van der Waals surface area contributed by atoms with Crippen LogP contribution in [-0.2, 0) is 9.59 Å². The first kappa shape index (κ1) is 22.5. The van der Waals surface area contributed by atoms with Gasteiger partial charge in [-0.2, -0.15) is 0 Å². The molecule has 1 aromatic carbocycles. The summed E-state index contributed by atoms with van der Waals surface area (Å²) in [5.74, 6) is -0.777. The lowest BCUT2D eigenvalue weighted by atomic mass is 9.96. The number of ether oxygens (including phenoxy) is 1. The number of aliphatic hydroxyl groups is 1. The Bertz CT molecular complexity index is 939. The van der Waals surface area contributed by atoms with Crippen molar-refractivity contribution in [1.29, 1.82) is 0 Å². The Balaban J connectivity index is 1.98. The van der Waals surface area contributed by atoms with Crippen LogP contribution in [0.4, 0.5) is 0 Å². The fourth-order valence-electron chi connectivity index (χ4n) is 3.51. The molecule has 164 valence electrons. The Kier molecular flexibility index (Phi) is 7.41. The van der Waals surface area contributed by atoms with E-state index < -0.39 is 17.7 Å². The van der Waals surface area contributed by atoms with Crippen molar-refractivity contribution in [3.05, 3.63) is 65.5 Å². The second-order valence-electron chi connectivity index (χ2n) is 7.80. The van der Waals surface area contributed by atoms with Crippen molar-refractivity contribution in [2.45, 2.75) is 25.8 Å². The molecule has 1 atom stereocenters. The van der Waals surface area contributed by atoms with Crippen LogP contribution >= 0.6 is 0 Å². The maximum atomic E-state index is 12.9. The molecule has 1 aliphatic rings. The molecule has 3 rings (SSSR count). The van der Waals surface area contributed by atoms with E-state index in [4.69, 9.17) is 4.74 Å².